The first kappa shape index (κ1) is 23.6. The van der Waals surface area contributed by atoms with Crippen LogP contribution in [-0.2, 0) is 22.7 Å². The number of pyridine rings is 1. The summed E-state index contributed by atoms with van der Waals surface area (Å²) in [7, 11) is -3.41. The second-order valence-corrected chi connectivity index (χ2v) is 11.4. The summed E-state index contributed by atoms with van der Waals surface area (Å²) in [5.41, 5.74) is -0.0862. The van der Waals surface area contributed by atoms with Gasteiger partial charge in [0.15, 0.2) is 0 Å². The molecular formula is C21H27F3N4O2S2. The average molecular weight is 489 g/mol. The Kier molecular flexibility index (Phi) is 7.21. The fourth-order valence-electron chi connectivity index (χ4n) is 4.44. The van der Waals surface area contributed by atoms with Crippen molar-refractivity contribution in [2.24, 2.45) is 0 Å². The first-order valence-corrected chi connectivity index (χ1v) is 13.1. The summed E-state index contributed by atoms with van der Waals surface area (Å²) in [6, 6.07) is 6.36. The van der Waals surface area contributed by atoms with Crippen LogP contribution in [-0.4, -0.2) is 72.8 Å². The highest BCUT2D eigenvalue weighted by Crippen LogP contribution is 2.28. The van der Waals surface area contributed by atoms with Crippen molar-refractivity contribution >= 4 is 21.4 Å². The summed E-state index contributed by atoms with van der Waals surface area (Å²) in [5, 5.41) is 1.78. The van der Waals surface area contributed by atoms with E-state index in [0.717, 1.165) is 57.1 Å². The van der Waals surface area contributed by atoms with Gasteiger partial charge in [-0.2, -0.15) is 17.5 Å². The minimum absolute atomic E-state index is 0.400. The van der Waals surface area contributed by atoms with Gasteiger partial charge >= 0.3 is 6.18 Å². The second kappa shape index (κ2) is 9.76. The van der Waals surface area contributed by atoms with E-state index < -0.39 is 21.9 Å². The van der Waals surface area contributed by atoms with Crippen molar-refractivity contribution in [2.75, 3.05) is 39.3 Å². The number of likely N-dealkylation sites (tertiary alicyclic amines) is 1. The molecule has 4 rings (SSSR count). The third-order valence-corrected chi connectivity index (χ3v) is 9.45. The van der Waals surface area contributed by atoms with Crippen LogP contribution >= 0.6 is 11.3 Å². The minimum Gasteiger partial charge on any atom is -0.299 e. The normalized spacial score (nSPS) is 21.0. The van der Waals surface area contributed by atoms with E-state index in [9.17, 15) is 21.6 Å². The Labute approximate surface area is 190 Å². The van der Waals surface area contributed by atoms with Gasteiger partial charge in [-0.3, -0.25) is 14.8 Å². The standard InChI is InChI=1S/C21H27F3N4O2S2/c22-21(23,24)19-5-4-17(15-25-19)16-26-10-6-18(7-11-26)27-8-2-9-28(13-12-27)32(29,30)20-3-1-14-31-20/h1,3-5,14-15,18H,2,6-13,16H2. The highest BCUT2D eigenvalue weighted by Gasteiger charge is 2.33. The van der Waals surface area contributed by atoms with Gasteiger partial charge in [-0.1, -0.05) is 12.1 Å². The van der Waals surface area contributed by atoms with Crippen LogP contribution in [0.5, 0.6) is 0 Å². The van der Waals surface area contributed by atoms with Crippen molar-refractivity contribution in [3.8, 4) is 0 Å². The molecule has 2 aliphatic rings. The fourth-order valence-corrected chi connectivity index (χ4v) is 7.06. The summed E-state index contributed by atoms with van der Waals surface area (Å²) in [6.07, 6.45) is -0.367. The molecule has 0 aromatic carbocycles. The molecule has 2 fully saturated rings. The topological polar surface area (TPSA) is 56.8 Å². The molecule has 32 heavy (non-hydrogen) atoms. The number of aromatic nitrogens is 1. The van der Waals surface area contributed by atoms with Gasteiger partial charge in [-0.15, -0.1) is 11.3 Å². The Bertz CT molecular complexity index is 973. The van der Waals surface area contributed by atoms with Crippen LogP contribution < -0.4 is 0 Å². The first-order chi connectivity index (χ1) is 15.2. The lowest BCUT2D eigenvalue weighted by Crippen LogP contribution is -2.46. The SMILES string of the molecule is O=S(=O)(c1cccs1)N1CCCN(C2CCN(Cc3ccc(C(F)(F)F)nc3)CC2)CC1. The van der Waals surface area contributed by atoms with E-state index in [1.54, 1.807) is 21.8 Å². The molecule has 0 aliphatic carbocycles. The molecule has 6 nitrogen and oxygen atoms in total. The van der Waals surface area contributed by atoms with E-state index in [0.29, 0.717) is 29.9 Å². The maximum Gasteiger partial charge on any atom is 0.433 e. The third-order valence-electron chi connectivity index (χ3n) is 6.17. The van der Waals surface area contributed by atoms with Crippen LogP contribution in [0.4, 0.5) is 13.2 Å². The Morgan fingerprint density at radius 1 is 1.03 bits per heavy atom. The maximum atomic E-state index is 12.8. The van der Waals surface area contributed by atoms with Crippen molar-refractivity contribution in [2.45, 2.75) is 42.2 Å². The largest absolute Gasteiger partial charge is 0.433 e. The van der Waals surface area contributed by atoms with E-state index in [1.807, 2.05) is 0 Å². The van der Waals surface area contributed by atoms with Crippen molar-refractivity contribution < 1.29 is 21.6 Å². The van der Waals surface area contributed by atoms with Crippen molar-refractivity contribution in [3.63, 3.8) is 0 Å². The molecule has 0 saturated carbocycles. The molecule has 0 spiro atoms. The molecule has 0 N–H and O–H groups in total. The number of sulfonamides is 1. The minimum atomic E-state index is -4.41. The van der Waals surface area contributed by atoms with Crippen molar-refractivity contribution in [1.29, 1.82) is 0 Å². The number of piperidine rings is 1. The van der Waals surface area contributed by atoms with E-state index in [2.05, 4.69) is 14.8 Å². The number of hydrogen-bond acceptors (Lipinski definition) is 6. The predicted molar refractivity (Wildman–Crippen MR) is 117 cm³/mol. The van der Waals surface area contributed by atoms with Crippen LogP contribution in [0, 0.1) is 0 Å². The van der Waals surface area contributed by atoms with Crippen LogP contribution in [0.2, 0.25) is 0 Å². The van der Waals surface area contributed by atoms with Gasteiger partial charge in [0.1, 0.15) is 9.90 Å². The second-order valence-electron chi connectivity index (χ2n) is 8.28. The Hall–Kier alpha value is -1.53. The van der Waals surface area contributed by atoms with Crippen molar-refractivity contribution in [3.05, 3.63) is 47.1 Å². The number of nitrogens with zero attached hydrogens (tertiary/aromatic N) is 4. The lowest BCUT2D eigenvalue weighted by atomic mass is 10.0. The molecule has 2 aliphatic heterocycles. The number of thiophene rings is 1. The molecule has 0 unspecified atom stereocenters. The van der Waals surface area contributed by atoms with Gasteiger partial charge in [-0.25, -0.2) is 8.42 Å². The van der Waals surface area contributed by atoms with Gasteiger partial charge in [-0.05, 0) is 62.0 Å². The Morgan fingerprint density at radius 2 is 1.81 bits per heavy atom. The summed E-state index contributed by atoms with van der Waals surface area (Å²) >= 11 is 1.25. The molecule has 2 aromatic heterocycles. The Balaban J connectivity index is 1.27. The zero-order chi connectivity index (χ0) is 22.8. The number of alkyl halides is 3. The molecule has 0 atom stereocenters. The molecule has 0 bridgehead atoms. The zero-order valence-electron chi connectivity index (χ0n) is 17.7. The van der Waals surface area contributed by atoms with Crippen LogP contribution in [0.1, 0.15) is 30.5 Å². The van der Waals surface area contributed by atoms with Crippen LogP contribution in [0.25, 0.3) is 0 Å². The highest BCUT2D eigenvalue weighted by atomic mass is 32.2. The van der Waals surface area contributed by atoms with E-state index in [1.165, 1.54) is 23.6 Å². The van der Waals surface area contributed by atoms with Gasteiger partial charge < -0.3 is 0 Å². The number of rotatable bonds is 5. The van der Waals surface area contributed by atoms with Gasteiger partial charge in [0, 0.05) is 38.4 Å². The number of hydrogen-bond donors (Lipinski definition) is 0. The van der Waals surface area contributed by atoms with Crippen LogP contribution in [0.15, 0.2) is 40.1 Å². The van der Waals surface area contributed by atoms with Crippen molar-refractivity contribution in [1.82, 2.24) is 19.1 Å². The van der Waals surface area contributed by atoms with E-state index in [4.69, 9.17) is 0 Å². The summed E-state index contributed by atoms with van der Waals surface area (Å²) < 4.78 is 65.7. The third kappa shape index (κ3) is 5.51. The lowest BCUT2D eigenvalue weighted by molar-refractivity contribution is -0.141. The molecule has 2 saturated heterocycles. The maximum absolute atomic E-state index is 12.8. The zero-order valence-corrected chi connectivity index (χ0v) is 19.3. The smallest absolute Gasteiger partial charge is 0.299 e. The van der Waals surface area contributed by atoms with E-state index >= 15 is 0 Å². The number of halogens is 3. The quantitative estimate of drug-likeness (QED) is 0.645. The van der Waals surface area contributed by atoms with Gasteiger partial charge in [0.05, 0.1) is 0 Å². The Morgan fingerprint density at radius 3 is 2.44 bits per heavy atom. The average Bonchev–Trinajstić information content (AvgIpc) is 3.20. The lowest BCUT2D eigenvalue weighted by Gasteiger charge is -2.38. The van der Waals surface area contributed by atoms with Gasteiger partial charge in [0.2, 0.25) is 0 Å². The highest BCUT2D eigenvalue weighted by molar-refractivity contribution is 7.91. The molecular weight excluding hydrogens is 461 g/mol. The van der Waals surface area contributed by atoms with Crippen LogP contribution in [0.3, 0.4) is 0 Å². The summed E-state index contributed by atoms with van der Waals surface area (Å²) in [6.45, 7) is 4.94. The molecule has 0 radical (unpaired) electrons. The molecule has 11 heteroatoms. The monoisotopic (exact) mass is 488 g/mol. The predicted octanol–water partition coefficient (Wildman–Crippen LogP) is 3.52. The summed E-state index contributed by atoms with van der Waals surface area (Å²) in [4.78, 5) is 8.19. The first-order valence-electron chi connectivity index (χ1n) is 10.8. The molecule has 2 aromatic rings. The summed E-state index contributed by atoms with van der Waals surface area (Å²) in [5.74, 6) is 0. The fraction of sp³-hybridized carbons (Fsp3) is 0.571. The molecule has 176 valence electrons. The molecule has 4 heterocycles. The van der Waals surface area contributed by atoms with Gasteiger partial charge in [0.25, 0.3) is 10.0 Å². The van der Waals surface area contributed by atoms with E-state index in [-0.39, 0.29) is 0 Å². The molecule has 0 amide bonds.